The van der Waals surface area contributed by atoms with E-state index in [2.05, 4.69) is 14.9 Å². The summed E-state index contributed by atoms with van der Waals surface area (Å²) in [7, 11) is 1.35. The maximum Gasteiger partial charge on any atom is 0.316 e. The highest BCUT2D eigenvalue weighted by molar-refractivity contribution is 7.99. The Morgan fingerprint density at radius 2 is 2.21 bits per heavy atom. The number of carbonyl (C=O) groups is 1. The third-order valence-corrected chi connectivity index (χ3v) is 4.47. The molecule has 6 nitrogen and oxygen atoms in total. The van der Waals surface area contributed by atoms with Crippen molar-refractivity contribution in [3.05, 3.63) is 47.2 Å². The smallest absolute Gasteiger partial charge is 0.316 e. The van der Waals surface area contributed by atoms with Crippen LogP contribution in [0.5, 0.6) is 0 Å². The molecule has 2 aromatic heterocycles. The number of carbonyl (C=O) groups excluding carboxylic acids is 1. The van der Waals surface area contributed by atoms with Crippen LogP contribution in [-0.4, -0.2) is 33.6 Å². The SMILES string of the molecule is COC(=O)CSc1nnc(-c2ccco2)n1-c1cc(Cl)ccc1C. The van der Waals surface area contributed by atoms with Gasteiger partial charge in [-0.2, -0.15) is 0 Å². The monoisotopic (exact) mass is 363 g/mol. The van der Waals surface area contributed by atoms with Gasteiger partial charge in [0.1, 0.15) is 0 Å². The lowest BCUT2D eigenvalue weighted by atomic mass is 10.2. The van der Waals surface area contributed by atoms with Crippen LogP contribution < -0.4 is 0 Å². The number of thioether (sulfide) groups is 1. The van der Waals surface area contributed by atoms with Crippen molar-refractivity contribution < 1.29 is 13.9 Å². The zero-order valence-corrected chi connectivity index (χ0v) is 14.6. The van der Waals surface area contributed by atoms with Gasteiger partial charge in [-0.3, -0.25) is 9.36 Å². The molecule has 0 aliphatic carbocycles. The number of methoxy groups -OCH3 is 1. The number of furan rings is 1. The van der Waals surface area contributed by atoms with Crippen molar-refractivity contribution in [1.82, 2.24) is 14.8 Å². The Labute approximate surface area is 147 Å². The molecule has 3 aromatic rings. The Morgan fingerprint density at radius 3 is 2.92 bits per heavy atom. The number of ether oxygens (including phenoxy) is 1. The first-order valence-electron chi connectivity index (χ1n) is 7.05. The van der Waals surface area contributed by atoms with Gasteiger partial charge < -0.3 is 9.15 Å². The molecule has 0 unspecified atom stereocenters. The summed E-state index contributed by atoms with van der Waals surface area (Å²) in [5.74, 6) is 0.910. The van der Waals surface area contributed by atoms with E-state index in [9.17, 15) is 4.79 Å². The average Bonchev–Trinajstić information content (AvgIpc) is 3.23. The second-order valence-corrected chi connectivity index (χ2v) is 6.29. The maximum atomic E-state index is 11.4. The fraction of sp³-hybridized carbons (Fsp3) is 0.188. The molecule has 0 amide bonds. The van der Waals surface area contributed by atoms with Crippen LogP contribution >= 0.6 is 23.4 Å². The number of nitrogens with zero attached hydrogens (tertiary/aromatic N) is 3. The third-order valence-electron chi connectivity index (χ3n) is 3.33. The average molecular weight is 364 g/mol. The molecule has 0 atom stereocenters. The quantitative estimate of drug-likeness (QED) is 0.508. The van der Waals surface area contributed by atoms with E-state index in [0.29, 0.717) is 21.8 Å². The Kier molecular flexibility index (Phi) is 4.92. The maximum absolute atomic E-state index is 11.4. The van der Waals surface area contributed by atoms with E-state index < -0.39 is 0 Å². The second-order valence-electron chi connectivity index (χ2n) is 4.91. The van der Waals surface area contributed by atoms with Crippen molar-refractivity contribution in [3.8, 4) is 17.3 Å². The van der Waals surface area contributed by atoms with Crippen molar-refractivity contribution in [2.45, 2.75) is 12.1 Å². The lowest BCUT2D eigenvalue weighted by Gasteiger charge is -2.12. The predicted molar refractivity (Wildman–Crippen MR) is 91.5 cm³/mol. The van der Waals surface area contributed by atoms with Crippen LogP contribution in [0.15, 0.2) is 46.2 Å². The Balaban J connectivity index is 2.11. The molecule has 124 valence electrons. The fourth-order valence-electron chi connectivity index (χ4n) is 2.15. The zero-order chi connectivity index (χ0) is 17.1. The third kappa shape index (κ3) is 3.32. The van der Waals surface area contributed by atoms with Crippen LogP contribution in [0.2, 0.25) is 5.02 Å². The van der Waals surface area contributed by atoms with E-state index >= 15 is 0 Å². The molecule has 0 saturated carbocycles. The summed E-state index contributed by atoms with van der Waals surface area (Å²) in [6, 6.07) is 9.14. The number of aryl methyl sites for hydroxylation is 1. The van der Waals surface area contributed by atoms with Gasteiger partial charge >= 0.3 is 5.97 Å². The highest BCUT2D eigenvalue weighted by atomic mass is 35.5. The minimum Gasteiger partial charge on any atom is -0.468 e. The van der Waals surface area contributed by atoms with E-state index in [4.69, 9.17) is 16.0 Å². The van der Waals surface area contributed by atoms with Gasteiger partial charge in [0.25, 0.3) is 0 Å². The highest BCUT2D eigenvalue weighted by Crippen LogP contribution is 2.31. The van der Waals surface area contributed by atoms with Crippen molar-refractivity contribution in [1.29, 1.82) is 0 Å². The van der Waals surface area contributed by atoms with E-state index in [-0.39, 0.29) is 11.7 Å². The van der Waals surface area contributed by atoms with Crippen molar-refractivity contribution in [2.75, 3.05) is 12.9 Å². The van der Waals surface area contributed by atoms with Gasteiger partial charge in [0.05, 0.1) is 24.8 Å². The van der Waals surface area contributed by atoms with Gasteiger partial charge in [0.2, 0.25) is 5.82 Å². The lowest BCUT2D eigenvalue weighted by molar-refractivity contribution is -0.137. The molecule has 0 radical (unpaired) electrons. The van der Waals surface area contributed by atoms with Crippen LogP contribution in [0.3, 0.4) is 0 Å². The summed E-state index contributed by atoms with van der Waals surface area (Å²) in [4.78, 5) is 11.4. The molecular formula is C16H14ClN3O3S. The molecule has 0 fully saturated rings. The van der Waals surface area contributed by atoms with E-state index in [1.807, 2.05) is 29.7 Å². The summed E-state index contributed by atoms with van der Waals surface area (Å²) in [6.45, 7) is 1.96. The summed E-state index contributed by atoms with van der Waals surface area (Å²) in [5.41, 5.74) is 1.82. The first kappa shape index (κ1) is 16.6. The van der Waals surface area contributed by atoms with E-state index in [0.717, 1.165) is 11.3 Å². The van der Waals surface area contributed by atoms with Gasteiger partial charge in [0, 0.05) is 5.02 Å². The van der Waals surface area contributed by atoms with Crippen LogP contribution in [0.25, 0.3) is 17.3 Å². The normalized spacial score (nSPS) is 10.8. The molecule has 0 aliphatic rings. The van der Waals surface area contributed by atoms with Gasteiger partial charge in [-0.05, 0) is 36.8 Å². The van der Waals surface area contributed by atoms with E-state index in [1.54, 1.807) is 18.4 Å². The number of hydrogen-bond donors (Lipinski definition) is 0. The highest BCUT2D eigenvalue weighted by Gasteiger charge is 2.20. The number of aromatic nitrogens is 3. The molecule has 8 heteroatoms. The second kappa shape index (κ2) is 7.11. The number of halogens is 1. The molecule has 0 saturated heterocycles. The zero-order valence-electron chi connectivity index (χ0n) is 13.0. The molecule has 1 aromatic carbocycles. The first-order chi connectivity index (χ1) is 11.6. The molecule has 0 bridgehead atoms. The Morgan fingerprint density at radius 1 is 1.38 bits per heavy atom. The van der Waals surface area contributed by atoms with Crippen LogP contribution in [0.4, 0.5) is 0 Å². The van der Waals surface area contributed by atoms with Gasteiger partial charge in [-0.25, -0.2) is 0 Å². The van der Waals surface area contributed by atoms with Crippen molar-refractivity contribution >= 4 is 29.3 Å². The molecule has 24 heavy (non-hydrogen) atoms. The predicted octanol–water partition coefficient (Wildman–Crippen LogP) is 3.75. The fourth-order valence-corrected chi connectivity index (χ4v) is 3.10. The topological polar surface area (TPSA) is 70.2 Å². The van der Waals surface area contributed by atoms with Crippen LogP contribution in [-0.2, 0) is 9.53 Å². The Hall–Kier alpha value is -2.25. The number of hydrogen-bond acceptors (Lipinski definition) is 6. The molecule has 0 N–H and O–H groups in total. The molecule has 0 spiro atoms. The van der Waals surface area contributed by atoms with E-state index in [1.165, 1.54) is 18.9 Å². The van der Waals surface area contributed by atoms with Gasteiger partial charge in [0.15, 0.2) is 10.9 Å². The van der Waals surface area contributed by atoms with Gasteiger partial charge in [-0.1, -0.05) is 29.4 Å². The minimum absolute atomic E-state index is 0.131. The molecule has 2 heterocycles. The molecular weight excluding hydrogens is 350 g/mol. The first-order valence-corrected chi connectivity index (χ1v) is 8.42. The summed E-state index contributed by atoms with van der Waals surface area (Å²) in [5, 5.41) is 9.55. The molecule has 0 aliphatic heterocycles. The Bertz CT molecular complexity index is 862. The number of benzene rings is 1. The summed E-state index contributed by atoms with van der Waals surface area (Å²) >= 11 is 7.39. The van der Waals surface area contributed by atoms with Crippen molar-refractivity contribution in [3.63, 3.8) is 0 Å². The molecule has 3 rings (SSSR count). The largest absolute Gasteiger partial charge is 0.468 e. The lowest BCUT2D eigenvalue weighted by Crippen LogP contribution is -2.06. The minimum atomic E-state index is -0.336. The van der Waals surface area contributed by atoms with Gasteiger partial charge in [-0.15, -0.1) is 10.2 Å². The van der Waals surface area contributed by atoms with Crippen LogP contribution in [0, 0.1) is 6.92 Å². The number of esters is 1. The summed E-state index contributed by atoms with van der Waals surface area (Å²) in [6.07, 6.45) is 1.57. The van der Waals surface area contributed by atoms with Crippen LogP contribution in [0.1, 0.15) is 5.56 Å². The summed E-state index contributed by atoms with van der Waals surface area (Å²) < 4.78 is 12.0. The number of rotatable bonds is 5. The standard InChI is InChI=1S/C16H14ClN3O3S/c1-10-5-6-11(17)8-12(10)20-15(13-4-3-7-23-13)18-19-16(20)24-9-14(21)22-2/h3-8H,9H2,1-2H3. The van der Waals surface area contributed by atoms with Crippen molar-refractivity contribution in [2.24, 2.45) is 0 Å².